The zero-order valence-corrected chi connectivity index (χ0v) is 23.6. The molecule has 0 spiro atoms. The summed E-state index contributed by atoms with van der Waals surface area (Å²) in [5.41, 5.74) is -2.45. The largest absolute Gasteiger partial charge is 0.393 e. The Kier molecular flexibility index (Phi) is 6.68. The molecule has 0 bridgehead atoms. The van der Waals surface area contributed by atoms with E-state index in [1.807, 2.05) is 20.8 Å². The molecule has 5 heteroatoms. The third-order valence-electron chi connectivity index (χ3n) is 12.5. The summed E-state index contributed by atoms with van der Waals surface area (Å²) < 4.78 is 0. The van der Waals surface area contributed by atoms with Crippen molar-refractivity contribution in [3.05, 3.63) is 0 Å². The molecule has 5 nitrogen and oxygen atoms in total. The van der Waals surface area contributed by atoms with Gasteiger partial charge in [-0.2, -0.15) is 0 Å². The van der Waals surface area contributed by atoms with Gasteiger partial charge >= 0.3 is 0 Å². The highest BCUT2D eigenvalue weighted by molar-refractivity contribution is 5.21. The van der Waals surface area contributed by atoms with Gasteiger partial charge in [0.1, 0.15) is 0 Å². The van der Waals surface area contributed by atoms with Crippen LogP contribution in [-0.4, -0.2) is 55.0 Å². The van der Waals surface area contributed by atoms with E-state index in [1.165, 1.54) is 0 Å². The second-order valence-electron chi connectivity index (χ2n) is 15.5. The second-order valence-corrected chi connectivity index (χ2v) is 15.5. The Morgan fingerprint density at radius 3 is 2.03 bits per heavy atom. The third-order valence-corrected chi connectivity index (χ3v) is 12.5. The molecule has 3 unspecified atom stereocenters. The monoisotopic (exact) mass is 494 g/mol. The van der Waals surface area contributed by atoms with Crippen LogP contribution in [0.15, 0.2) is 0 Å². The van der Waals surface area contributed by atoms with Crippen LogP contribution in [0.2, 0.25) is 0 Å². The van der Waals surface area contributed by atoms with E-state index in [0.29, 0.717) is 25.7 Å². The van der Waals surface area contributed by atoms with E-state index in [2.05, 4.69) is 34.6 Å². The van der Waals surface area contributed by atoms with Gasteiger partial charge in [-0.1, -0.05) is 34.6 Å². The van der Waals surface area contributed by atoms with Gasteiger partial charge in [-0.05, 0) is 124 Å². The molecule has 4 aliphatic carbocycles. The molecule has 0 heterocycles. The summed E-state index contributed by atoms with van der Waals surface area (Å²) >= 11 is 0. The molecule has 0 aromatic carbocycles. The molecule has 0 amide bonds. The topological polar surface area (TPSA) is 101 Å². The molecular weight excluding hydrogens is 440 g/mol. The van der Waals surface area contributed by atoms with Gasteiger partial charge in [0.25, 0.3) is 0 Å². The van der Waals surface area contributed by atoms with Gasteiger partial charge in [0, 0.05) is 0 Å². The molecule has 0 radical (unpaired) electrons. The summed E-state index contributed by atoms with van der Waals surface area (Å²) in [5.74, 6) is 0.279. The number of fused-ring (bicyclic) bond motifs is 5. The zero-order valence-electron chi connectivity index (χ0n) is 23.6. The van der Waals surface area contributed by atoms with Crippen LogP contribution in [0, 0.1) is 45.3 Å². The summed E-state index contributed by atoms with van der Waals surface area (Å²) in [4.78, 5) is 0. The van der Waals surface area contributed by atoms with Gasteiger partial charge in [-0.15, -0.1) is 0 Å². The predicted octanol–water partition coefficient (Wildman–Crippen LogP) is 4.67. The van der Waals surface area contributed by atoms with Crippen LogP contribution >= 0.6 is 0 Å². The first kappa shape index (κ1) is 27.8. The highest BCUT2D eigenvalue weighted by atomic mass is 16.3. The van der Waals surface area contributed by atoms with Crippen LogP contribution in [0.5, 0.6) is 0 Å². The normalized spacial score (nSPS) is 51.2. The lowest BCUT2D eigenvalue weighted by Crippen LogP contribution is -2.69. The molecule has 4 fully saturated rings. The van der Waals surface area contributed by atoms with E-state index in [4.69, 9.17) is 0 Å². The van der Waals surface area contributed by atoms with E-state index in [1.54, 1.807) is 0 Å². The molecule has 0 saturated heterocycles. The molecule has 204 valence electrons. The Labute approximate surface area is 213 Å². The van der Waals surface area contributed by atoms with Crippen molar-refractivity contribution in [3.63, 3.8) is 0 Å². The maximum atomic E-state index is 11.8. The average molecular weight is 495 g/mol. The Morgan fingerprint density at radius 2 is 1.43 bits per heavy atom. The van der Waals surface area contributed by atoms with Crippen molar-refractivity contribution >= 4 is 0 Å². The molecule has 4 rings (SSSR count). The molecule has 0 aliphatic heterocycles. The van der Waals surface area contributed by atoms with E-state index in [-0.39, 0.29) is 45.3 Å². The van der Waals surface area contributed by atoms with E-state index in [9.17, 15) is 25.5 Å². The zero-order chi connectivity index (χ0) is 26.4. The molecule has 4 saturated carbocycles. The van der Waals surface area contributed by atoms with Crippen LogP contribution < -0.4 is 0 Å². The highest BCUT2D eigenvalue weighted by Crippen LogP contribution is 2.75. The second kappa shape index (κ2) is 8.40. The van der Waals surface area contributed by atoms with Gasteiger partial charge in [-0.25, -0.2) is 0 Å². The van der Waals surface area contributed by atoms with E-state index >= 15 is 0 Å². The summed E-state index contributed by atoms with van der Waals surface area (Å²) in [6, 6.07) is 0. The third kappa shape index (κ3) is 4.06. The van der Waals surface area contributed by atoms with E-state index in [0.717, 1.165) is 32.1 Å². The smallest absolute Gasteiger partial charge is 0.0651 e. The SMILES string of the molecule is CC(C)(O)CCC[C@](C)(O)[C@H]1CC[C@]2(C)[C@@H]1C(O)C[C@@H]1[C@@]3(C)CCC(O)C(C)(C)[C@@H]3C(O)C[C@]12C. The minimum atomic E-state index is -0.894. The first-order chi connectivity index (χ1) is 15.8. The number of aliphatic hydroxyl groups is 5. The highest BCUT2D eigenvalue weighted by Gasteiger charge is 2.72. The molecule has 4 aliphatic rings. The molecule has 0 aromatic heterocycles. The minimum absolute atomic E-state index is 0.00423. The molecule has 35 heavy (non-hydrogen) atoms. The summed E-state index contributed by atoms with van der Waals surface area (Å²) in [5, 5.41) is 56.2. The van der Waals surface area contributed by atoms with Crippen molar-refractivity contribution in [3.8, 4) is 0 Å². The fourth-order valence-electron chi connectivity index (χ4n) is 10.7. The first-order valence-corrected chi connectivity index (χ1v) is 14.3. The predicted molar refractivity (Wildman–Crippen MR) is 139 cm³/mol. The fraction of sp³-hybridized carbons (Fsp3) is 1.00. The van der Waals surface area contributed by atoms with Crippen LogP contribution in [0.4, 0.5) is 0 Å². The Balaban J connectivity index is 1.66. The van der Waals surface area contributed by atoms with Crippen LogP contribution in [0.25, 0.3) is 0 Å². The fourth-order valence-corrected chi connectivity index (χ4v) is 10.7. The Bertz CT molecular complexity index is 801. The molecular formula is C30H54O5. The lowest BCUT2D eigenvalue weighted by Gasteiger charge is -2.71. The Hall–Kier alpha value is -0.200. The lowest BCUT2D eigenvalue weighted by molar-refractivity contribution is -0.274. The van der Waals surface area contributed by atoms with Crippen molar-refractivity contribution in [2.75, 3.05) is 0 Å². The van der Waals surface area contributed by atoms with Gasteiger partial charge in [-0.3, -0.25) is 0 Å². The summed E-state index contributed by atoms with van der Waals surface area (Å²) in [6.07, 6.45) is 5.51. The maximum Gasteiger partial charge on any atom is 0.0651 e. The standard InChI is InChI=1S/C30H54O5/c1-25(2,34)12-9-13-30(8,35)18-10-15-28(6)23(18)19(31)16-21-27(5)14-11-22(33)26(3,4)24(27)20(32)17-29(21,28)7/h18-24,31-35H,9-17H2,1-8H3/t18-,19?,20?,21+,22?,23-,24-,27+,28+,29+,30-/m0/s1. The van der Waals surface area contributed by atoms with Crippen molar-refractivity contribution in [2.45, 2.75) is 143 Å². The summed E-state index contributed by atoms with van der Waals surface area (Å²) in [7, 11) is 0. The molecule has 5 N–H and O–H groups in total. The van der Waals surface area contributed by atoms with Gasteiger partial charge < -0.3 is 25.5 Å². The number of hydrogen-bond acceptors (Lipinski definition) is 5. The van der Waals surface area contributed by atoms with Crippen molar-refractivity contribution in [1.82, 2.24) is 0 Å². The van der Waals surface area contributed by atoms with Gasteiger partial charge in [0.15, 0.2) is 0 Å². The first-order valence-electron chi connectivity index (χ1n) is 14.3. The molecule has 0 aromatic rings. The maximum absolute atomic E-state index is 11.8. The van der Waals surface area contributed by atoms with Crippen LogP contribution in [-0.2, 0) is 0 Å². The van der Waals surface area contributed by atoms with E-state index < -0.39 is 29.5 Å². The van der Waals surface area contributed by atoms with Crippen LogP contribution in [0.3, 0.4) is 0 Å². The lowest BCUT2D eigenvalue weighted by atomic mass is 9.34. The van der Waals surface area contributed by atoms with Gasteiger partial charge in [0.05, 0.1) is 29.5 Å². The number of aliphatic hydroxyl groups excluding tert-OH is 3. The van der Waals surface area contributed by atoms with Crippen LogP contribution in [0.1, 0.15) is 113 Å². The number of hydrogen-bond donors (Lipinski definition) is 5. The Morgan fingerprint density at radius 1 is 0.800 bits per heavy atom. The van der Waals surface area contributed by atoms with Crippen molar-refractivity contribution in [1.29, 1.82) is 0 Å². The molecule has 11 atom stereocenters. The van der Waals surface area contributed by atoms with Gasteiger partial charge in [0.2, 0.25) is 0 Å². The summed E-state index contributed by atoms with van der Waals surface area (Å²) in [6.45, 7) is 16.8. The minimum Gasteiger partial charge on any atom is -0.393 e. The van der Waals surface area contributed by atoms with Crippen molar-refractivity contribution < 1.29 is 25.5 Å². The number of rotatable bonds is 5. The van der Waals surface area contributed by atoms with Crippen molar-refractivity contribution in [2.24, 2.45) is 45.3 Å². The quantitative estimate of drug-likeness (QED) is 0.382. The average Bonchev–Trinajstić information content (AvgIpc) is 3.07.